The molecule has 0 spiro atoms. The summed E-state index contributed by atoms with van der Waals surface area (Å²) in [5.41, 5.74) is 2.37. The minimum absolute atomic E-state index is 0.0358. The molecule has 5 aromatic rings. The zero-order valence-corrected chi connectivity index (χ0v) is 20.5. The van der Waals surface area contributed by atoms with Crippen LogP contribution in [0.15, 0.2) is 67.4 Å². The SMILES string of the molecule is Cc1ccc(-[n+]2[nH]oc(=O)c2-c2csc(-n3nc(C)c(N=Nc4cc(Cl)ccc4Cl)c3[O-])n2)cc1. The maximum Gasteiger partial charge on any atom is 0.437 e. The number of azo groups is 1. The van der Waals surface area contributed by atoms with Gasteiger partial charge < -0.3 is 5.11 Å². The Morgan fingerprint density at radius 1 is 1.14 bits per heavy atom. The summed E-state index contributed by atoms with van der Waals surface area (Å²) in [4.78, 5) is 16.9. The highest BCUT2D eigenvalue weighted by Crippen LogP contribution is 2.35. The molecule has 3 aromatic heterocycles. The molecule has 0 bridgehead atoms. The van der Waals surface area contributed by atoms with E-state index in [9.17, 15) is 9.90 Å². The molecule has 10 nitrogen and oxygen atoms in total. The Hall–Kier alpha value is -3.80. The molecule has 0 aliphatic carbocycles. The Morgan fingerprint density at radius 3 is 2.69 bits per heavy atom. The first-order chi connectivity index (χ1) is 16.8. The first kappa shape index (κ1) is 23.0. The minimum atomic E-state index is -0.602. The molecular formula is C22H15Cl2N7O3S. The van der Waals surface area contributed by atoms with Crippen molar-refractivity contribution in [2.24, 2.45) is 10.2 Å². The standard InChI is InChI=1S/C22H15Cl2N7O3S/c1-11-3-6-14(7-4-11)30-19(21(33)34-29-30)17-10-35-22(25-17)31-20(32)18(12(2)28-31)27-26-16-9-13(23)5-8-15(16)24/h3-10H,1-2H3,(H-,26,28,29,32,33). The molecule has 35 heavy (non-hydrogen) atoms. The number of rotatable bonds is 5. The molecule has 0 radical (unpaired) electrons. The van der Waals surface area contributed by atoms with Gasteiger partial charge in [-0.3, -0.25) is 4.52 Å². The number of nitrogens with zero attached hydrogens (tertiary/aromatic N) is 6. The Labute approximate surface area is 211 Å². The van der Waals surface area contributed by atoms with E-state index < -0.39 is 11.5 Å². The molecule has 1 N–H and O–H groups in total. The van der Waals surface area contributed by atoms with Crippen LogP contribution >= 0.6 is 34.5 Å². The van der Waals surface area contributed by atoms with E-state index in [-0.39, 0.29) is 16.5 Å². The van der Waals surface area contributed by atoms with Crippen LogP contribution in [0.5, 0.6) is 5.88 Å². The van der Waals surface area contributed by atoms with Gasteiger partial charge in [-0.05, 0) is 42.0 Å². The predicted octanol–water partition coefficient (Wildman–Crippen LogP) is 4.97. The van der Waals surface area contributed by atoms with Crippen molar-refractivity contribution in [3.8, 4) is 28.1 Å². The Kier molecular flexibility index (Phi) is 5.97. The third-order valence-electron chi connectivity index (χ3n) is 5.01. The van der Waals surface area contributed by atoms with Crippen molar-refractivity contribution in [1.29, 1.82) is 0 Å². The lowest BCUT2D eigenvalue weighted by Gasteiger charge is -2.07. The van der Waals surface area contributed by atoms with E-state index >= 15 is 0 Å². The summed E-state index contributed by atoms with van der Waals surface area (Å²) in [6.07, 6.45) is 0. The van der Waals surface area contributed by atoms with Crippen LogP contribution in [0.3, 0.4) is 0 Å². The maximum absolute atomic E-state index is 13.0. The number of aryl methyl sites for hydroxylation is 2. The first-order valence-corrected chi connectivity index (χ1v) is 11.8. The van der Waals surface area contributed by atoms with Gasteiger partial charge in [0.1, 0.15) is 11.4 Å². The third kappa shape index (κ3) is 4.36. The van der Waals surface area contributed by atoms with Crippen LogP contribution < -0.4 is 15.4 Å². The zero-order chi connectivity index (χ0) is 24.7. The summed E-state index contributed by atoms with van der Waals surface area (Å²) < 4.78 is 7.60. The van der Waals surface area contributed by atoms with Gasteiger partial charge in [0.15, 0.2) is 5.69 Å². The number of benzene rings is 2. The van der Waals surface area contributed by atoms with Gasteiger partial charge in [0.2, 0.25) is 10.8 Å². The van der Waals surface area contributed by atoms with Gasteiger partial charge in [0, 0.05) is 28.4 Å². The lowest BCUT2D eigenvalue weighted by molar-refractivity contribution is -0.660. The fraction of sp³-hybridized carbons (Fsp3) is 0.0909. The molecule has 0 saturated carbocycles. The molecule has 176 valence electrons. The van der Waals surface area contributed by atoms with E-state index in [1.165, 1.54) is 10.7 Å². The Morgan fingerprint density at radius 2 is 1.91 bits per heavy atom. The smallest absolute Gasteiger partial charge is 0.437 e. The molecule has 0 atom stereocenters. The monoisotopic (exact) mass is 527 g/mol. The minimum Gasteiger partial charge on any atom is -0.857 e. The molecule has 0 aliphatic rings. The van der Waals surface area contributed by atoms with Gasteiger partial charge in [0.05, 0.1) is 10.7 Å². The summed E-state index contributed by atoms with van der Waals surface area (Å²) in [5.74, 6) is -0.516. The quantitative estimate of drug-likeness (QED) is 0.255. The first-order valence-electron chi connectivity index (χ1n) is 10.1. The molecular weight excluding hydrogens is 513 g/mol. The van der Waals surface area contributed by atoms with Crippen LogP contribution in [-0.4, -0.2) is 20.0 Å². The Bertz CT molecular complexity index is 1630. The van der Waals surface area contributed by atoms with Gasteiger partial charge in [-0.2, -0.15) is 5.10 Å². The van der Waals surface area contributed by atoms with Gasteiger partial charge in [-0.1, -0.05) is 40.9 Å². The van der Waals surface area contributed by atoms with Crippen LogP contribution in [0.25, 0.3) is 22.2 Å². The van der Waals surface area contributed by atoms with Crippen molar-refractivity contribution in [3.63, 3.8) is 0 Å². The van der Waals surface area contributed by atoms with Crippen molar-refractivity contribution < 1.29 is 14.3 Å². The lowest BCUT2D eigenvalue weighted by Crippen LogP contribution is -2.36. The summed E-state index contributed by atoms with van der Waals surface area (Å²) in [6.45, 7) is 3.59. The van der Waals surface area contributed by atoms with E-state index in [2.05, 4.69) is 25.6 Å². The van der Waals surface area contributed by atoms with Crippen LogP contribution in [-0.2, 0) is 0 Å². The third-order valence-corrected chi connectivity index (χ3v) is 6.38. The summed E-state index contributed by atoms with van der Waals surface area (Å²) in [6, 6.07) is 12.3. The molecule has 13 heteroatoms. The van der Waals surface area contributed by atoms with Crippen molar-refractivity contribution >= 4 is 45.9 Å². The predicted molar refractivity (Wildman–Crippen MR) is 129 cm³/mol. The lowest BCUT2D eigenvalue weighted by atomic mass is 10.2. The number of H-pyrrole nitrogens is 1. The van der Waals surface area contributed by atoms with E-state index in [0.717, 1.165) is 21.6 Å². The molecule has 3 heterocycles. The molecule has 0 aliphatic heterocycles. The van der Waals surface area contributed by atoms with E-state index in [4.69, 9.17) is 27.7 Å². The van der Waals surface area contributed by atoms with Gasteiger partial charge in [0.25, 0.3) is 0 Å². The number of aromatic nitrogens is 5. The summed E-state index contributed by atoms with van der Waals surface area (Å²) in [5, 5.41) is 30.6. The van der Waals surface area contributed by atoms with E-state index in [1.807, 2.05) is 31.2 Å². The molecule has 0 amide bonds. The van der Waals surface area contributed by atoms with Gasteiger partial charge in [-0.15, -0.1) is 21.6 Å². The van der Waals surface area contributed by atoms with E-state index in [0.29, 0.717) is 32.8 Å². The number of thiazole rings is 1. The highest BCUT2D eigenvalue weighted by Gasteiger charge is 2.28. The number of aromatic amines is 1. The number of halogens is 2. The van der Waals surface area contributed by atoms with Crippen LogP contribution in [0.2, 0.25) is 10.0 Å². The highest BCUT2D eigenvalue weighted by molar-refractivity contribution is 7.12. The summed E-state index contributed by atoms with van der Waals surface area (Å²) in [7, 11) is 0. The molecule has 0 unspecified atom stereocenters. The second kappa shape index (κ2) is 9.10. The van der Waals surface area contributed by atoms with Gasteiger partial charge >= 0.3 is 11.3 Å². The largest absolute Gasteiger partial charge is 0.857 e. The second-order valence-electron chi connectivity index (χ2n) is 7.46. The normalized spacial score (nSPS) is 11.5. The second-order valence-corrected chi connectivity index (χ2v) is 9.14. The average molecular weight is 528 g/mol. The van der Waals surface area contributed by atoms with Crippen molar-refractivity contribution in [1.82, 2.24) is 20.0 Å². The molecule has 2 aromatic carbocycles. The number of hydrogen-bond donors (Lipinski definition) is 1. The Balaban J connectivity index is 1.50. The zero-order valence-electron chi connectivity index (χ0n) is 18.2. The molecule has 0 saturated heterocycles. The fourth-order valence-electron chi connectivity index (χ4n) is 3.25. The number of nitrogens with one attached hydrogen (secondary N) is 1. The average Bonchev–Trinajstić information content (AvgIpc) is 3.53. The topological polar surface area (TPSA) is 128 Å². The highest BCUT2D eigenvalue weighted by atomic mass is 35.5. The van der Waals surface area contributed by atoms with Gasteiger partial charge in [-0.25, -0.2) is 14.5 Å². The van der Waals surface area contributed by atoms with Crippen LogP contribution in [0.4, 0.5) is 11.4 Å². The fourth-order valence-corrected chi connectivity index (χ4v) is 4.32. The van der Waals surface area contributed by atoms with Crippen LogP contribution in [0, 0.1) is 13.8 Å². The van der Waals surface area contributed by atoms with E-state index in [1.54, 1.807) is 24.4 Å². The van der Waals surface area contributed by atoms with Crippen molar-refractivity contribution in [2.45, 2.75) is 13.8 Å². The van der Waals surface area contributed by atoms with Crippen LogP contribution in [0.1, 0.15) is 11.3 Å². The maximum atomic E-state index is 13.0. The molecule has 0 fully saturated rings. The van der Waals surface area contributed by atoms with Crippen molar-refractivity contribution in [2.75, 3.05) is 0 Å². The van der Waals surface area contributed by atoms with Crippen molar-refractivity contribution in [3.05, 3.63) is 79.6 Å². The molecule has 5 rings (SSSR count). The number of hydrogen-bond acceptors (Lipinski definition) is 8. The summed E-state index contributed by atoms with van der Waals surface area (Å²) >= 11 is 13.2.